The first-order valence-corrected chi connectivity index (χ1v) is 14.6. The number of rotatable bonds is 9. The topological polar surface area (TPSA) is 87.1 Å². The fourth-order valence-electron chi connectivity index (χ4n) is 5.93. The van der Waals surface area contributed by atoms with Crippen molar-refractivity contribution in [2.24, 2.45) is 17.8 Å². The molecule has 3 atom stereocenters. The van der Waals surface area contributed by atoms with E-state index in [0.717, 1.165) is 33.4 Å². The molecule has 0 saturated heterocycles. The van der Waals surface area contributed by atoms with E-state index in [1.165, 1.54) is 12.8 Å². The van der Waals surface area contributed by atoms with Gasteiger partial charge in [0.15, 0.2) is 0 Å². The van der Waals surface area contributed by atoms with Gasteiger partial charge in [-0.1, -0.05) is 60.7 Å². The van der Waals surface area contributed by atoms with Gasteiger partial charge in [0.05, 0.1) is 6.61 Å². The molecule has 214 valence electrons. The summed E-state index contributed by atoms with van der Waals surface area (Å²) in [6.07, 6.45) is 7.09. The number of allylic oxidation sites excluding steroid dienone is 4. The average Bonchev–Trinajstić information content (AvgIpc) is 3.85. The summed E-state index contributed by atoms with van der Waals surface area (Å²) < 4.78 is 18.7. The highest BCUT2D eigenvalue weighted by atomic mass is 16.5. The maximum atomic E-state index is 6.39. The van der Waals surface area contributed by atoms with Gasteiger partial charge in [-0.3, -0.25) is 0 Å². The third-order valence-electron chi connectivity index (χ3n) is 8.38. The Balaban J connectivity index is 1.20. The molecule has 7 rings (SSSR count). The van der Waals surface area contributed by atoms with Crippen LogP contribution in [0.4, 0.5) is 0 Å². The van der Waals surface area contributed by atoms with Gasteiger partial charge in [-0.2, -0.15) is 0 Å². The van der Waals surface area contributed by atoms with E-state index in [9.17, 15) is 0 Å². The van der Waals surface area contributed by atoms with E-state index in [1.54, 1.807) is 0 Å². The predicted molar refractivity (Wildman–Crippen MR) is 168 cm³/mol. The summed E-state index contributed by atoms with van der Waals surface area (Å²) in [7, 11) is 0. The van der Waals surface area contributed by atoms with Gasteiger partial charge in [0.25, 0.3) is 0 Å². The van der Waals surface area contributed by atoms with Crippen LogP contribution in [-0.2, 0) is 0 Å². The minimum Gasteiger partial charge on any atom is -0.493 e. The first-order valence-electron chi connectivity index (χ1n) is 14.6. The van der Waals surface area contributed by atoms with Crippen LogP contribution in [0, 0.1) is 17.8 Å². The van der Waals surface area contributed by atoms with Crippen molar-refractivity contribution < 1.29 is 13.6 Å². The van der Waals surface area contributed by atoms with E-state index in [-0.39, 0.29) is 0 Å². The quantitative estimate of drug-likeness (QED) is 0.164. The Morgan fingerprint density at radius 1 is 0.674 bits per heavy atom. The van der Waals surface area contributed by atoms with Crippen LogP contribution in [0.2, 0.25) is 0 Å². The van der Waals surface area contributed by atoms with Crippen LogP contribution < -0.4 is 4.74 Å². The van der Waals surface area contributed by atoms with Crippen molar-refractivity contribution in [2.75, 3.05) is 6.61 Å². The molecule has 0 spiro atoms. The molecule has 7 heteroatoms. The molecule has 2 aliphatic carbocycles. The van der Waals surface area contributed by atoms with E-state index in [2.05, 4.69) is 45.7 Å². The molecule has 3 aromatic carbocycles. The van der Waals surface area contributed by atoms with Crippen LogP contribution in [0.1, 0.15) is 37.8 Å². The summed E-state index contributed by atoms with van der Waals surface area (Å²) >= 11 is 0. The molecule has 1 saturated carbocycles. The summed E-state index contributed by atoms with van der Waals surface area (Å²) in [6.45, 7) is 12.6. The lowest BCUT2D eigenvalue weighted by Crippen LogP contribution is -2.16. The highest BCUT2D eigenvalue weighted by Crippen LogP contribution is 2.44. The Kier molecular flexibility index (Phi) is 6.86. The summed E-state index contributed by atoms with van der Waals surface area (Å²) in [5, 5.41) is 17.4. The Labute approximate surface area is 250 Å². The lowest BCUT2D eigenvalue weighted by atomic mass is 9.94. The van der Waals surface area contributed by atoms with Crippen molar-refractivity contribution in [3.05, 3.63) is 103 Å². The Morgan fingerprint density at radius 3 is 1.58 bits per heavy atom. The van der Waals surface area contributed by atoms with Gasteiger partial charge >= 0.3 is 0 Å². The second-order valence-electron chi connectivity index (χ2n) is 11.6. The minimum absolute atomic E-state index is 0.378. The number of hydrogen-bond donors (Lipinski definition) is 0. The van der Waals surface area contributed by atoms with Gasteiger partial charge in [-0.25, -0.2) is 0 Å². The molecule has 1 fully saturated rings. The summed E-state index contributed by atoms with van der Waals surface area (Å²) in [5.41, 5.74) is 7.21. The SMILES string of the molecule is C=C(C)c1ccc(-c2nnc(-c3cc(OCC4CC5C=CC4C5)cc(-c4nnc(-c5ccc(C(=C)C)cc5)o4)c3)o2)cc1. The normalized spacial score (nSPS) is 18.7. The third-order valence-corrected chi connectivity index (χ3v) is 8.38. The zero-order valence-corrected chi connectivity index (χ0v) is 24.3. The van der Waals surface area contributed by atoms with Crippen LogP contribution >= 0.6 is 0 Å². The predicted octanol–water partition coefficient (Wildman–Crippen LogP) is 8.78. The second kappa shape index (κ2) is 11.0. The van der Waals surface area contributed by atoms with E-state index < -0.39 is 0 Å². The largest absolute Gasteiger partial charge is 0.493 e. The fourth-order valence-corrected chi connectivity index (χ4v) is 5.93. The summed E-state index contributed by atoms with van der Waals surface area (Å²) in [5.74, 6) is 4.10. The van der Waals surface area contributed by atoms with E-state index in [4.69, 9.17) is 13.6 Å². The molecule has 0 aliphatic heterocycles. The maximum absolute atomic E-state index is 6.39. The van der Waals surface area contributed by atoms with Crippen LogP contribution in [-0.4, -0.2) is 27.0 Å². The van der Waals surface area contributed by atoms with Gasteiger partial charge in [0.2, 0.25) is 23.6 Å². The van der Waals surface area contributed by atoms with Crippen molar-refractivity contribution in [2.45, 2.75) is 26.7 Å². The number of nitrogens with zero attached hydrogens (tertiary/aromatic N) is 4. The maximum Gasteiger partial charge on any atom is 0.248 e. The highest BCUT2D eigenvalue weighted by Gasteiger charge is 2.36. The highest BCUT2D eigenvalue weighted by molar-refractivity contribution is 5.70. The molecular weight excluding hydrogens is 536 g/mol. The molecule has 2 bridgehead atoms. The molecule has 3 unspecified atom stereocenters. The van der Waals surface area contributed by atoms with Crippen LogP contribution in [0.25, 0.3) is 57.0 Å². The standard InChI is InChI=1S/C36H32N4O3/c1-21(2)24-7-11-26(12-8-24)33-37-39-35(42-33)29-17-30(19-32(18-29)41-20-31-16-23-5-6-28(31)15-23)36-40-38-34(43-36)27-13-9-25(10-14-27)22(3)4/h5-14,17-19,23,28,31H,1,3,15-16,20H2,2,4H3. The van der Waals surface area contributed by atoms with Gasteiger partial charge in [0, 0.05) is 22.3 Å². The molecular formula is C36H32N4O3. The average molecular weight is 569 g/mol. The zero-order valence-electron chi connectivity index (χ0n) is 24.3. The van der Waals surface area contributed by atoms with Crippen LogP contribution in [0.15, 0.2) is 101 Å². The first kappa shape index (κ1) is 26.8. The number of hydrogen-bond acceptors (Lipinski definition) is 7. The fraction of sp³-hybridized carbons (Fsp3) is 0.222. The second-order valence-corrected chi connectivity index (χ2v) is 11.6. The number of benzene rings is 3. The minimum atomic E-state index is 0.378. The van der Waals surface area contributed by atoms with E-state index in [0.29, 0.717) is 64.8 Å². The van der Waals surface area contributed by atoms with Crippen LogP contribution in [0.5, 0.6) is 5.75 Å². The molecule has 0 radical (unpaired) electrons. The Hall–Kier alpha value is -5.04. The molecule has 0 N–H and O–H groups in total. The lowest BCUT2D eigenvalue weighted by molar-refractivity contribution is 0.228. The van der Waals surface area contributed by atoms with Gasteiger partial charge in [-0.15, -0.1) is 20.4 Å². The van der Waals surface area contributed by atoms with Gasteiger partial charge in [0.1, 0.15) is 5.75 Å². The van der Waals surface area contributed by atoms with E-state index in [1.807, 2.05) is 80.6 Å². The molecule has 7 nitrogen and oxygen atoms in total. The van der Waals surface area contributed by atoms with E-state index >= 15 is 0 Å². The molecule has 2 aromatic heterocycles. The van der Waals surface area contributed by atoms with Crippen molar-refractivity contribution in [3.63, 3.8) is 0 Å². The molecule has 2 aliphatic rings. The molecule has 5 aromatic rings. The Bertz CT molecular complexity index is 1730. The number of fused-ring (bicyclic) bond motifs is 2. The zero-order chi connectivity index (χ0) is 29.5. The van der Waals surface area contributed by atoms with Gasteiger partial charge < -0.3 is 13.6 Å². The summed E-state index contributed by atoms with van der Waals surface area (Å²) in [4.78, 5) is 0. The third kappa shape index (κ3) is 5.46. The smallest absolute Gasteiger partial charge is 0.248 e. The summed E-state index contributed by atoms with van der Waals surface area (Å²) in [6, 6.07) is 21.6. The number of ether oxygens (including phenoxy) is 1. The van der Waals surface area contributed by atoms with Crippen molar-refractivity contribution >= 4 is 11.1 Å². The Morgan fingerprint density at radius 2 is 1.16 bits per heavy atom. The van der Waals surface area contributed by atoms with Crippen molar-refractivity contribution in [3.8, 4) is 51.6 Å². The monoisotopic (exact) mass is 568 g/mol. The molecule has 2 heterocycles. The first-order chi connectivity index (χ1) is 20.9. The molecule has 43 heavy (non-hydrogen) atoms. The van der Waals surface area contributed by atoms with Gasteiger partial charge in [-0.05, 0) is 98.0 Å². The van der Waals surface area contributed by atoms with Crippen molar-refractivity contribution in [1.82, 2.24) is 20.4 Å². The lowest BCUT2D eigenvalue weighted by Gasteiger charge is -2.19. The van der Waals surface area contributed by atoms with Crippen molar-refractivity contribution in [1.29, 1.82) is 0 Å². The number of aromatic nitrogens is 4. The van der Waals surface area contributed by atoms with Crippen LogP contribution in [0.3, 0.4) is 0 Å². The molecule has 0 amide bonds.